The Balaban J connectivity index is 1.44. The van der Waals surface area contributed by atoms with Crippen molar-refractivity contribution in [2.45, 2.75) is 56.9 Å². The Morgan fingerprint density at radius 3 is 2.68 bits per heavy atom. The number of methoxy groups -OCH3 is 2. The number of likely N-dealkylation sites (tertiary alicyclic amines) is 1. The van der Waals surface area contributed by atoms with Crippen molar-refractivity contribution in [3.05, 3.63) is 35.4 Å². The molecule has 0 aromatic heterocycles. The summed E-state index contributed by atoms with van der Waals surface area (Å²) < 4.78 is 10.8. The number of benzene rings is 1. The van der Waals surface area contributed by atoms with Crippen molar-refractivity contribution in [1.29, 1.82) is 0 Å². The Morgan fingerprint density at radius 2 is 1.94 bits per heavy atom. The minimum Gasteiger partial charge on any atom is -0.354 e. The number of nitrogens with one attached hydrogen (secondary N) is 1. The number of amides is 1. The molecule has 1 aromatic carbocycles. The summed E-state index contributed by atoms with van der Waals surface area (Å²) in [5, 5.41) is 3.23. The van der Waals surface area contributed by atoms with E-state index in [-0.39, 0.29) is 17.7 Å². The van der Waals surface area contributed by atoms with Gasteiger partial charge in [-0.3, -0.25) is 9.59 Å². The van der Waals surface area contributed by atoms with Gasteiger partial charge in [0, 0.05) is 38.6 Å². The molecule has 0 bridgehead atoms. The number of carbonyl (C=O) groups is 2. The lowest BCUT2D eigenvalue weighted by Crippen LogP contribution is -2.53. The third-order valence-corrected chi connectivity index (χ3v) is 7.49. The number of Topliss-reactive ketones (excluding diaryl/α,β-unsaturated/α-hetero) is 1. The molecule has 0 spiro atoms. The highest BCUT2D eigenvalue weighted by molar-refractivity contribution is 7.80. The topological polar surface area (TPSA) is 67.9 Å². The van der Waals surface area contributed by atoms with Crippen LogP contribution in [0.25, 0.3) is 0 Å². The molecule has 2 saturated heterocycles. The molecular formula is C24H32N2O4S. The van der Waals surface area contributed by atoms with Crippen LogP contribution in [0.15, 0.2) is 24.3 Å². The molecule has 2 fully saturated rings. The van der Waals surface area contributed by atoms with Gasteiger partial charge in [0.1, 0.15) is 11.8 Å². The molecule has 2 heterocycles. The lowest BCUT2D eigenvalue weighted by molar-refractivity contribution is -0.159. The summed E-state index contributed by atoms with van der Waals surface area (Å²) in [6, 6.07) is 7.77. The zero-order valence-electron chi connectivity index (χ0n) is 18.3. The monoisotopic (exact) mass is 444 g/mol. The predicted octanol–water partition coefficient (Wildman–Crippen LogP) is 2.32. The second-order valence-electron chi connectivity index (χ2n) is 8.93. The van der Waals surface area contributed by atoms with Crippen LogP contribution in [0.2, 0.25) is 0 Å². The molecule has 3 aliphatic rings. The molecule has 1 N–H and O–H groups in total. The number of hydrogen-bond donors (Lipinski definition) is 1. The van der Waals surface area contributed by atoms with E-state index in [1.54, 1.807) is 14.2 Å². The number of hydrogen-bond acceptors (Lipinski definition) is 6. The summed E-state index contributed by atoms with van der Waals surface area (Å²) in [4.78, 5) is 29.3. The molecule has 4 rings (SSSR count). The normalized spacial score (nSPS) is 28.2. The molecule has 7 heteroatoms. The largest absolute Gasteiger partial charge is 0.354 e. The van der Waals surface area contributed by atoms with Crippen molar-refractivity contribution < 1.29 is 19.1 Å². The van der Waals surface area contributed by atoms with Crippen LogP contribution in [0, 0.1) is 11.8 Å². The number of rotatable bonds is 7. The fourth-order valence-corrected chi connectivity index (χ4v) is 5.87. The zero-order chi connectivity index (χ0) is 22.0. The Kier molecular flexibility index (Phi) is 7.16. The van der Waals surface area contributed by atoms with Crippen LogP contribution in [0.4, 0.5) is 0 Å². The van der Waals surface area contributed by atoms with Gasteiger partial charge in [0.25, 0.3) is 0 Å². The highest BCUT2D eigenvalue weighted by Crippen LogP contribution is 2.31. The van der Waals surface area contributed by atoms with Gasteiger partial charge in [0.05, 0.1) is 12.0 Å². The van der Waals surface area contributed by atoms with Gasteiger partial charge in [0.15, 0.2) is 6.29 Å². The van der Waals surface area contributed by atoms with Crippen LogP contribution in [0.3, 0.4) is 0 Å². The minimum absolute atomic E-state index is 0.0613. The summed E-state index contributed by atoms with van der Waals surface area (Å²) in [5.41, 5.74) is 2.74. The van der Waals surface area contributed by atoms with Gasteiger partial charge >= 0.3 is 0 Å². The lowest BCUT2D eigenvalue weighted by atomic mass is 9.79. The summed E-state index contributed by atoms with van der Waals surface area (Å²) in [6.07, 6.45) is 4.68. The van der Waals surface area contributed by atoms with Crippen LogP contribution in [-0.4, -0.2) is 67.1 Å². The summed E-state index contributed by atoms with van der Waals surface area (Å²) in [6.45, 7) is 1.09. The SMILES string of the molecule is COC(OC)[C@@H]1CCCN1C(=O)[C@H]1NCC(=S)C1C(=O)C[C@H]1CCc2ccccc2C1. The van der Waals surface area contributed by atoms with E-state index in [9.17, 15) is 9.59 Å². The van der Waals surface area contributed by atoms with Crippen molar-refractivity contribution in [1.82, 2.24) is 10.2 Å². The Labute approximate surface area is 189 Å². The van der Waals surface area contributed by atoms with Crippen LogP contribution in [-0.2, 0) is 31.9 Å². The van der Waals surface area contributed by atoms with Crippen molar-refractivity contribution in [3.8, 4) is 0 Å². The average Bonchev–Trinajstić information content (AvgIpc) is 3.41. The second-order valence-corrected chi connectivity index (χ2v) is 9.46. The number of fused-ring (bicyclic) bond motifs is 1. The number of ketones is 1. The van der Waals surface area contributed by atoms with Crippen molar-refractivity contribution in [2.75, 3.05) is 27.3 Å². The van der Waals surface area contributed by atoms with Crippen LogP contribution >= 0.6 is 12.2 Å². The molecule has 4 atom stereocenters. The van der Waals surface area contributed by atoms with E-state index in [0.29, 0.717) is 30.3 Å². The van der Waals surface area contributed by atoms with Gasteiger partial charge in [-0.25, -0.2) is 0 Å². The number of thiocarbonyl (C=S) groups is 1. The standard InChI is InChI=1S/C24H32N2O4S/c1-29-24(30-2)18-8-5-11-26(18)23(28)22-21(20(31)14-25-22)19(27)13-15-9-10-16-6-3-4-7-17(16)12-15/h3-4,6-7,15,18,21-22,24-25H,5,8-14H2,1-2H3/t15-,18-,21?,22-/m0/s1. The number of ether oxygens (including phenoxy) is 2. The molecule has 6 nitrogen and oxygen atoms in total. The average molecular weight is 445 g/mol. The molecule has 31 heavy (non-hydrogen) atoms. The third-order valence-electron chi connectivity index (χ3n) is 7.09. The van der Waals surface area contributed by atoms with Crippen LogP contribution in [0.1, 0.15) is 36.8 Å². The molecule has 0 radical (unpaired) electrons. The zero-order valence-corrected chi connectivity index (χ0v) is 19.2. The Morgan fingerprint density at radius 1 is 1.19 bits per heavy atom. The summed E-state index contributed by atoms with van der Waals surface area (Å²) in [5.74, 6) is -0.172. The smallest absolute Gasteiger partial charge is 0.241 e. The second kappa shape index (κ2) is 9.86. The van der Waals surface area contributed by atoms with Crippen LogP contribution < -0.4 is 5.32 Å². The maximum atomic E-state index is 13.5. The number of aryl methyl sites for hydroxylation is 1. The summed E-state index contributed by atoms with van der Waals surface area (Å²) >= 11 is 5.54. The third kappa shape index (κ3) is 4.60. The van der Waals surface area contributed by atoms with Gasteiger partial charge in [-0.2, -0.15) is 0 Å². The molecular weight excluding hydrogens is 412 g/mol. The van der Waals surface area contributed by atoms with Crippen LogP contribution in [0.5, 0.6) is 0 Å². The summed E-state index contributed by atoms with van der Waals surface area (Å²) in [7, 11) is 3.18. The highest BCUT2D eigenvalue weighted by Gasteiger charge is 2.46. The van der Waals surface area contributed by atoms with Crippen molar-refractivity contribution in [2.24, 2.45) is 11.8 Å². The molecule has 1 amide bonds. The molecule has 168 valence electrons. The van der Waals surface area contributed by atoms with E-state index in [2.05, 4.69) is 29.6 Å². The maximum Gasteiger partial charge on any atom is 0.241 e. The van der Waals surface area contributed by atoms with Gasteiger partial charge in [0.2, 0.25) is 5.91 Å². The number of carbonyl (C=O) groups excluding carboxylic acids is 2. The van der Waals surface area contributed by atoms with Gasteiger partial charge in [-0.05, 0) is 49.1 Å². The molecule has 2 aliphatic heterocycles. The predicted molar refractivity (Wildman–Crippen MR) is 122 cm³/mol. The van der Waals surface area contributed by atoms with Crippen molar-refractivity contribution >= 4 is 28.8 Å². The van der Waals surface area contributed by atoms with E-state index < -0.39 is 18.2 Å². The van der Waals surface area contributed by atoms with E-state index in [4.69, 9.17) is 21.7 Å². The first-order valence-electron chi connectivity index (χ1n) is 11.2. The fraction of sp³-hybridized carbons (Fsp3) is 0.625. The first-order chi connectivity index (χ1) is 15.0. The minimum atomic E-state index is -0.578. The van der Waals surface area contributed by atoms with E-state index in [0.717, 1.165) is 32.1 Å². The maximum absolute atomic E-state index is 13.5. The highest BCUT2D eigenvalue weighted by atomic mass is 32.1. The van der Waals surface area contributed by atoms with E-state index >= 15 is 0 Å². The van der Waals surface area contributed by atoms with E-state index in [1.807, 2.05) is 4.90 Å². The van der Waals surface area contributed by atoms with Gasteiger partial charge in [-0.1, -0.05) is 36.5 Å². The first kappa shape index (κ1) is 22.5. The lowest BCUT2D eigenvalue weighted by Gasteiger charge is -2.33. The van der Waals surface area contributed by atoms with Crippen molar-refractivity contribution in [3.63, 3.8) is 0 Å². The molecule has 1 aromatic rings. The van der Waals surface area contributed by atoms with Gasteiger partial charge < -0.3 is 19.7 Å². The fourth-order valence-electron chi connectivity index (χ4n) is 5.52. The Hall–Kier alpha value is -1.67. The molecule has 1 unspecified atom stereocenters. The first-order valence-corrected chi connectivity index (χ1v) is 11.7. The Bertz CT molecular complexity index is 841. The molecule has 1 aliphatic carbocycles. The quantitative estimate of drug-likeness (QED) is 0.514. The van der Waals surface area contributed by atoms with E-state index in [1.165, 1.54) is 11.1 Å². The molecule has 0 saturated carbocycles. The number of nitrogens with zero attached hydrogens (tertiary/aromatic N) is 1. The van der Waals surface area contributed by atoms with Gasteiger partial charge in [-0.15, -0.1) is 0 Å².